The van der Waals surface area contributed by atoms with Crippen molar-refractivity contribution in [3.63, 3.8) is 0 Å². The van der Waals surface area contributed by atoms with Gasteiger partial charge in [-0.2, -0.15) is 0 Å². The quantitative estimate of drug-likeness (QED) is 0.361. The lowest BCUT2D eigenvalue weighted by molar-refractivity contribution is -0.129. The van der Waals surface area contributed by atoms with Crippen LogP contribution in [0.2, 0.25) is 18.1 Å². The molecular weight excluding hydrogens is 394 g/mol. The van der Waals surface area contributed by atoms with E-state index in [0.29, 0.717) is 12.8 Å². The van der Waals surface area contributed by atoms with Crippen LogP contribution in [0.4, 0.5) is 4.79 Å². The van der Waals surface area contributed by atoms with Crippen molar-refractivity contribution in [3.05, 3.63) is 48.0 Å². The van der Waals surface area contributed by atoms with E-state index in [9.17, 15) is 9.59 Å². The summed E-state index contributed by atoms with van der Waals surface area (Å²) in [5.41, 5.74) is 1.88. The molecule has 0 unspecified atom stereocenters. The van der Waals surface area contributed by atoms with Crippen molar-refractivity contribution in [1.82, 2.24) is 4.90 Å². The number of hydrogen-bond acceptors (Lipinski definition) is 4. The number of hydrogen-bond donors (Lipinski definition) is 0. The summed E-state index contributed by atoms with van der Waals surface area (Å²) in [7, 11) is -1.93. The molecule has 2 amide bonds. The Kier molecular flexibility index (Phi) is 7.69. The summed E-state index contributed by atoms with van der Waals surface area (Å²) in [4.78, 5) is 26.4. The van der Waals surface area contributed by atoms with E-state index in [1.54, 1.807) is 0 Å². The van der Waals surface area contributed by atoms with Crippen LogP contribution < -0.4 is 0 Å². The molecule has 1 aliphatic heterocycles. The Morgan fingerprint density at radius 1 is 1.27 bits per heavy atom. The van der Waals surface area contributed by atoms with Crippen molar-refractivity contribution < 1.29 is 18.8 Å². The summed E-state index contributed by atoms with van der Waals surface area (Å²) >= 11 is 0. The second-order valence-corrected chi connectivity index (χ2v) is 14.6. The van der Waals surface area contributed by atoms with Gasteiger partial charge in [0.1, 0.15) is 6.10 Å². The van der Waals surface area contributed by atoms with Crippen molar-refractivity contribution in [3.8, 4) is 0 Å². The molecule has 30 heavy (non-hydrogen) atoms. The van der Waals surface area contributed by atoms with E-state index in [1.165, 1.54) is 4.90 Å². The normalized spacial score (nSPS) is 20.8. The van der Waals surface area contributed by atoms with Gasteiger partial charge >= 0.3 is 6.09 Å². The van der Waals surface area contributed by atoms with Gasteiger partial charge in [-0.1, -0.05) is 63.3 Å². The average molecular weight is 432 g/mol. The highest BCUT2D eigenvalue weighted by Gasteiger charge is 2.43. The van der Waals surface area contributed by atoms with Crippen LogP contribution in [0, 0.1) is 0 Å². The molecule has 166 valence electrons. The maximum absolute atomic E-state index is 12.8. The van der Waals surface area contributed by atoms with Crippen LogP contribution in [0.25, 0.3) is 0 Å². The van der Waals surface area contributed by atoms with Crippen molar-refractivity contribution >= 4 is 20.3 Å². The molecular formula is C24H37NO4Si. The van der Waals surface area contributed by atoms with Crippen LogP contribution in [0.15, 0.2) is 42.5 Å². The average Bonchev–Trinajstić information content (AvgIpc) is 2.94. The lowest BCUT2D eigenvalue weighted by Gasteiger charge is -2.39. The van der Waals surface area contributed by atoms with Crippen LogP contribution in [0.1, 0.15) is 65.5 Å². The van der Waals surface area contributed by atoms with E-state index in [2.05, 4.69) is 40.4 Å². The van der Waals surface area contributed by atoms with Crippen LogP contribution in [0.3, 0.4) is 0 Å². The molecule has 5 nitrogen and oxygen atoms in total. The molecule has 0 saturated carbocycles. The molecule has 1 saturated heterocycles. The molecule has 1 heterocycles. The maximum Gasteiger partial charge on any atom is 0.417 e. The van der Waals surface area contributed by atoms with Gasteiger partial charge in [0.05, 0.1) is 12.1 Å². The second-order valence-electron chi connectivity index (χ2n) is 9.82. The molecule has 0 N–H and O–H groups in total. The summed E-state index contributed by atoms with van der Waals surface area (Å²) in [5.74, 6) is -0.196. The molecule has 0 spiro atoms. The number of imide groups is 1. The molecule has 0 aromatic heterocycles. The Balaban J connectivity index is 1.96. The van der Waals surface area contributed by atoms with E-state index in [-0.39, 0.29) is 29.5 Å². The molecule has 3 atom stereocenters. The highest BCUT2D eigenvalue weighted by Crippen LogP contribution is 2.38. The first-order valence-corrected chi connectivity index (χ1v) is 13.7. The summed E-state index contributed by atoms with van der Waals surface area (Å²) in [5, 5.41) is 0.109. The third-order valence-electron chi connectivity index (χ3n) is 6.32. The standard InChI is InChI=1S/C24H37NO4Si/c1-17(2)20(29-30(7,8)24(4,5)6)15-12-16-21(26)25-18(3)22(28-23(25)27)19-13-10-9-11-14-19/h9-11,13-14,18,20,22H,1,12,15-16H2,2-8H3/t18-,20+,22-/m1/s1. The monoisotopic (exact) mass is 431 g/mol. The minimum absolute atomic E-state index is 0.0706. The molecule has 0 aliphatic carbocycles. The fourth-order valence-corrected chi connectivity index (χ4v) is 4.77. The zero-order valence-electron chi connectivity index (χ0n) is 19.5. The number of benzene rings is 1. The molecule has 1 aromatic carbocycles. The number of nitrogens with zero attached hydrogens (tertiary/aromatic N) is 1. The zero-order chi connectivity index (χ0) is 22.7. The SMILES string of the molecule is C=C(C)[C@H](CCCC(=O)N1C(=O)O[C@@H](c2ccccc2)[C@H]1C)O[Si](C)(C)C(C)(C)C. The first-order chi connectivity index (χ1) is 13.8. The number of cyclic esters (lactones) is 1. The molecule has 1 aliphatic rings. The van der Waals surface area contributed by atoms with Gasteiger partial charge in [0.2, 0.25) is 5.91 Å². The van der Waals surface area contributed by atoms with Gasteiger partial charge in [0.15, 0.2) is 8.32 Å². The number of carbonyl (C=O) groups excluding carboxylic acids is 2. The predicted molar refractivity (Wildman–Crippen MR) is 123 cm³/mol. The zero-order valence-corrected chi connectivity index (χ0v) is 20.5. The minimum Gasteiger partial charge on any atom is -0.439 e. The first-order valence-electron chi connectivity index (χ1n) is 10.8. The van der Waals surface area contributed by atoms with Crippen molar-refractivity contribution in [2.75, 3.05) is 0 Å². The summed E-state index contributed by atoms with van der Waals surface area (Å²) in [6, 6.07) is 9.22. The lowest BCUT2D eigenvalue weighted by Crippen LogP contribution is -2.44. The highest BCUT2D eigenvalue weighted by atomic mass is 28.4. The van der Waals surface area contributed by atoms with Gasteiger partial charge in [0.25, 0.3) is 0 Å². The van der Waals surface area contributed by atoms with E-state index in [1.807, 2.05) is 44.2 Å². The molecule has 6 heteroatoms. The maximum atomic E-state index is 12.8. The Hall–Kier alpha value is -1.92. The van der Waals surface area contributed by atoms with Gasteiger partial charge in [-0.25, -0.2) is 9.69 Å². The van der Waals surface area contributed by atoms with Gasteiger partial charge in [-0.3, -0.25) is 4.79 Å². The van der Waals surface area contributed by atoms with E-state index >= 15 is 0 Å². The molecule has 0 bridgehead atoms. The second kappa shape index (κ2) is 9.48. The Bertz CT molecular complexity index is 769. The molecule has 1 fully saturated rings. The fraction of sp³-hybridized carbons (Fsp3) is 0.583. The highest BCUT2D eigenvalue weighted by molar-refractivity contribution is 6.74. The third-order valence-corrected chi connectivity index (χ3v) is 10.8. The third kappa shape index (κ3) is 5.61. The smallest absolute Gasteiger partial charge is 0.417 e. The van der Waals surface area contributed by atoms with E-state index in [4.69, 9.17) is 9.16 Å². The van der Waals surface area contributed by atoms with Gasteiger partial charge in [-0.05, 0) is 50.4 Å². The predicted octanol–water partition coefficient (Wildman–Crippen LogP) is 6.23. The van der Waals surface area contributed by atoms with E-state index in [0.717, 1.165) is 11.1 Å². The van der Waals surface area contributed by atoms with Crippen molar-refractivity contribution in [1.29, 1.82) is 0 Å². The van der Waals surface area contributed by atoms with Crippen LogP contribution >= 0.6 is 0 Å². The van der Waals surface area contributed by atoms with Crippen LogP contribution in [0.5, 0.6) is 0 Å². The number of amides is 2. The first kappa shape index (κ1) is 24.3. The van der Waals surface area contributed by atoms with Gasteiger partial charge < -0.3 is 9.16 Å². The van der Waals surface area contributed by atoms with E-state index < -0.39 is 20.5 Å². The molecule has 2 rings (SSSR count). The van der Waals surface area contributed by atoms with Gasteiger partial charge in [0, 0.05) is 6.42 Å². The largest absolute Gasteiger partial charge is 0.439 e. The van der Waals surface area contributed by atoms with Crippen molar-refractivity contribution in [2.45, 2.75) is 90.3 Å². The Morgan fingerprint density at radius 2 is 1.87 bits per heavy atom. The summed E-state index contributed by atoms with van der Waals surface area (Å²) < 4.78 is 12.0. The number of carbonyl (C=O) groups is 2. The fourth-order valence-electron chi connectivity index (χ4n) is 3.38. The summed E-state index contributed by atoms with van der Waals surface area (Å²) in [6.07, 6.45) is 0.581. The van der Waals surface area contributed by atoms with Crippen molar-refractivity contribution in [2.24, 2.45) is 0 Å². The molecule has 0 radical (unpaired) electrons. The topological polar surface area (TPSA) is 55.8 Å². The minimum atomic E-state index is -1.93. The lowest BCUT2D eigenvalue weighted by atomic mass is 10.0. The van der Waals surface area contributed by atoms with Crippen LogP contribution in [-0.2, 0) is 14.0 Å². The van der Waals surface area contributed by atoms with Gasteiger partial charge in [-0.15, -0.1) is 0 Å². The Labute approximate surface area is 182 Å². The number of ether oxygens (including phenoxy) is 1. The number of rotatable bonds is 8. The summed E-state index contributed by atoms with van der Waals surface area (Å²) in [6.45, 7) is 19.0. The molecule has 1 aromatic rings. The van der Waals surface area contributed by atoms with Crippen LogP contribution in [-0.4, -0.2) is 37.4 Å². The Morgan fingerprint density at radius 3 is 2.40 bits per heavy atom.